The Bertz CT molecular complexity index is 344. The Morgan fingerprint density at radius 2 is 2.21 bits per heavy atom. The third kappa shape index (κ3) is 2.52. The van der Waals surface area contributed by atoms with Crippen LogP contribution in [-0.4, -0.2) is 18.7 Å². The summed E-state index contributed by atoms with van der Waals surface area (Å²) in [5.74, 6) is 0.444. The summed E-state index contributed by atoms with van der Waals surface area (Å²) >= 11 is 0. The van der Waals surface area contributed by atoms with Gasteiger partial charge < -0.3 is 14.6 Å². The summed E-state index contributed by atoms with van der Waals surface area (Å²) in [5.41, 5.74) is 0.765. The first kappa shape index (κ1) is 10.1. The molecule has 74 valence electrons. The molecule has 0 heterocycles. The maximum Gasteiger partial charge on any atom is 0.297 e. The van der Waals surface area contributed by atoms with Crippen molar-refractivity contribution in [3.63, 3.8) is 0 Å². The molecular weight excluding hydrogens is 184 g/mol. The number of rotatable bonds is 4. The Labute approximate surface area is 81.4 Å². The predicted molar refractivity (Wildman–Crippen MR) is 50.8 cm³/mol. The van der Waals surface area contributed by atoms with Crippen molar-refractivity contribution < 1.29 is 19.4 Å². The van der Waals surface area contributed by atoms with Gasteiger partial charge in [0.2, 0.25) is 0 Å². The van der Waals surface area contributed by atoms with Crippen LogP contribution in [0.4, 0.5) is 0 Å². The largest absolute Gasteiger partial charge is 0.504 e. The normalized spacial score (nSPS) is 10.1. The summed E-state index contributed by atoms with van der Waals surface area (Å²) in [5, 5.41) is 9.27. The smallest absolute Gasteiger partial charge is 0.297 e. The number of methoxy groups -OCH3 is 1. The van der Waals surface area contributed by atoms with Crippen LogP contribution in [0.2, 0.25) is 0 Å². The summed E-state index contributed by atoms with van der Waals surface area (Å²) in [6, 6.07) is 4.79. The second kappa shape index (κ2) is 4.91. The zero-order chi connectivity index (χ0) is 10.4. The molecule has 0 radical (unpaired) electrons. The summed E-state index contributed by atoms with van der Waals surface area (Å²) < 4.78 is 9.27. The van der Waals surface area contributed by atoms with Crippen molar-refractivity contribution in [2.75, 3.05) is 7.11 Å². The first-order valence-electron chi connectivity index (χ1n) is 3.90. The lowest BCUT2D eigenvalue weighted by atomic mass is 10.2. The fourth-order valence-electron chi connectivity index (χ4n) is 0.948. The van der Waals surface area contributed by atoms with Crippen molar-refractivity contribution >= 4 is 12.5 Å². The molecule has 0 aliphatic heterocycles. The second-order valence-corrected chi connectivity index (χ2v) is 2.47. The Morgan fingerprint density at radius 3 is 2.86 bits per heavy atom. The molecule has 0 unspecified atom stereocenters. The fourth-order valence-corrected chi connectivity index (χ4v) is 0.948. The lowest BCUT2D eigenvalue weighted by Gasteiger charge is -2.03. The van der Waals surface area contributed by atoms with Crippen molar-refractivity contribution in [2.45, 2.75) is 0 Å². The van der Waals surface area contributed by atoms with Crippen molar-refractivity contribution in [2.24, 2.45) is 0 Å². The van der Waals surface area contributed by atoms with E-state index < -0.39 is 0 Å². The van der Waals surface area contributed by atoms with Crippen LogP contribution in [0.1, 0.15) is 5.56 Å². The van der Waals surface area contributed by atoms with Gasteiger partial charge in [-0.3, -0.25) is 4.79 Å². The monoisotopic (exact) mass is 194 g/mol. The third-order valence-corrected chi connectivity index (χ3v) is 1.60. The zero-order valence-corrected chi connectivity index (χ0v) is 7.64. The van der Waals surface area contributed by atoms with Gasteiger partial charge in [-0.25, -0.2) is 0 Å². The van der Waals surface area contributed by atoms with Crippen molar-refractivity contribution in [1.82, 2.24) is 0 Å². The van der Waals surface area contributed by atoms with Crippen LogP contribution in [0.5, 0.6) is 11.5 Å². The zero-order valence-electron chi connectivity index (χ0n) is 7.64. The van der Waals surface area contributed by atoms with E-state index in [0.29, 0.717) is 12.2 Å². The van der Waals surface area contributed by atoms with Crippen LogP contribution in [0.15, 0.2) is 24.5 Å². The number of phenols is 1. The number of aromatic hydroxyl groups is 1. The van der Waals surface area contributed by atoms with Gasteiger partial charge in [0.1, 0.15) is 0 Å². The van der Waals surface area contributed by atoms with Gasteiger partial charge in [0.25, 0.3) is 6.47 Å². The number of hydrogen-bond acceptors (Lipinski definition) is 4. The minimum Gasteiger partial charge on any atom is -0.504 e. The van der Waals surface area contributed by atoms with Gasteiger partial charge in [0.05, 0.1) is 13.4 Å². The summed E-state index contributed by atoms with van der Waals surface area (Å²) in [6.07, 6.45) is 2.83. The molecule has 0 aliphatic carbocycles. The number of ether oxygens (including phenoxy) is 2. The highest BCUT2D eigenvalue weighted by Gasteiger charge is 1.99. The Hall–Kier alpha value is -1.97. The highest BCUT2D eigenvalue weighted by molar-refractivity contribution is 5.55. The van der Waals surface area contributed by atoms with E-state index in [9.17, 15) is 9.90 Å². The highest BCUT2D eigenvalue weighted by atomic mass is 16.5. The van der Waals surface area contributed by atoms with Crippen LogP contribution in [0.3, 0.4) is 0 Å². The molecule has 14 heavy (non-hydrogen) atoms. The molecule has 1 rings (SSSR count). The molecule has 0 aromatic heterocycles. The topological polar surface area (TPSA) is 55.8 Å². The van der Waals surface area contributed by atoms with Gasteiger partial charge in [-0.2, -0.15) is 0 Å². The van der Waals surface area contributed by atoms with Gasteiger partial charge in [0, 0.05) is 0 Å². The van der Waals surface area contributed by atoms with Gasteiger partial charge >= 0.3 is 0 Å². The SMILES string of the molecule is COc1cc(/C=C/OC=O)ccc1O. The molecule has 0 spiro atoms. The van der Waals surface area contributed by atoms with E-state index in [1.54, 1.807) is 18.2 Å². The minimum absolute atomic E-state index is 0.0703. The minimum atomic E-state index is 0.0703. The molecule has 0 saturated carbocycles. The van der Waals surface area contributed by atoms with E-state index in [1.165, 1.54) is 19.4 Å². The van der Waals surface area contributed by atoms with Crippen LogP contribution >= 0.6 is 0 Å². The molecular formula is C10H10O4. The molecule has 0 atom stereocenters. The van der Waals surface area contributed by atoms with E-state index in [1.807, 2.05) is 0 Å². The van der Waals surface area contributed by atoms with Crippen LogP contribution in [0, 0.1) is 0 Å². The molecule has 1 N–H and O–H groups in total. The number of hydrogen-bond donors (Lipinski definition) is 1. The fraction of sp³-hybridized carbons (Fsp3) is 0.100. The Kier molecular flexibility index (Phi) is 3.55. The van der Waals surface area contributed by atoms with Gasteiger partial charge in [0.15, 0.2) is 11.5 Å². The first-order chi connectivity index (χ1) is 6.77. The third-order valence-electron chi connectivity index (χ3n) is 1.60. The molecule has 4 heteroatoms. The van der Waals surface area contributed by atoms with Crippen molar-refractivity contribution in [3.8, 4) is 11.5 Å². The Balaban J connectivity index is 2.83. The van der Waals surface area contributed by atoms with E-state index in [4.69, 9.17) is 4.74 Å². The lowest BCUT2D eigenvalue weighted by molar-refractivity contribution is -0.123. The predicted octanol–water partition coefficient (Wildman–Crippen LogP) is 1.54. The van der Waals surface area contributed by atoms with Crippen molar-refractivity contribution in [1.29, 1.82) is 0 Å². The lowest BCUT2D eigenvalue weighted by Crippen LogP contribution is -1.84. The molecule has 0 amide bonds. The maximum absolute atomic E-state index is 9.83. The van der Waals surface area contributed by atoms with E-state index in [-0.39, 0.29) is 5.75 Å². The number of carbonyl (C=O) groups is 1. The molecule has 1 aromatic rings. The van der Waals surface area contributed by atoms with E-state index in [2.05, 4.69) is 4.74 Å². The van der Waals surface area contributed by atoms with E-state index >= 15 is 0 Å². The summed E-state index contributed by atoms with van der Waals surface area (Å²) in [6.45, 7) is 0.328. The van der Waals surface area contributed by atoms with Crippen LogP contribution in [-0.2, 0) is 9.53 Å². The molecule has 4 nitrogen and oxygen atoms in total. The number of phenolic OH excluding ortho intramolecular Hbond substituents is 1. The quantitative estimate of drug-likeness (QED) is 0.583. The van der Waals surface area contributed by atoms with Crippen LogP contribution in [0.25, 0.3) is 6.08 Å². The first-order valence-corrected chi connectivity index (χ1v) is 3.90. The number of benzene rings is 1. The summed E-state index contributed by atoms with van der Waals surface area (Å²) in [4.78, 5) is 9.83. The maximum atomic E-state index is 9.83. The van der Waals surface area contributed by atoms with Gasteiger partial charge in [-0.1, -0.05) is 6.07 Å². The van der Waals surface area contributed by atoms with Gasteiger partial charge in [-0.05, 0) is 23.8 Å². The molecule has 1 aromatic carbocycles. The average molecular weight is 194 g/mol. The Morgan fingerprint density at radius 1 is 1.43 bits per heavy atom. The van der Waals surface area contributed by atoms with Crippen molar-refractivity contribution in [3.05, 3.63) is 30.0 Å². The average Bonchev–Trinajstić information content (AvgIpc) is 2.21. The number of carbonyl (C=O) groups excluding carboxylic acids is 1. The van der Waals surface area contributed by atoms with Crippen LogP contribution < -0.4 is 4.74 Å². The standard InChI is InChI=1S/C10H10O4/c1-13-10-6-8(2-3-9(10)12)4-5-14-7-11/h2-7,12H,1H3/b5-4+. The second-order valence-electron chi connectivity index (χ2n) is 2.47. The van der Waals surface area contributed by atoms with Gasteiger partial charge in [-0.15, -0.1) is 0 Å². The summed E-state index contributed by atoms with van der Waals surface area (Å²) in [7, 11) is 1.46. The molecule has 0 aliphatic rings. The van der Waals surface area contributed by atoms with E-state index in [0.717, 1.165) is 5.56 Å². The molecule has 0 fully saturated rings. The highest BCUT2D eigenvalue weighted by Crippen LogP contribution is 2.26. The molecule has 0 saturated heterocycles. The molecule has 0 bridgehead atoms.